The van der Waals surface area contributed by atoms with Gasteiger partial charge in [-0.05, 0) is 50.6 Å². The fourth-order valence-corrected chi connectivity index (χ4v) is 4.12. The van der Waals surface area contributed by atoms with E-state index in [9.17, 15) is 13.2 Å². The number of benzene rings is 1. The number of aryl methyl sites for hydroxylation is 1. The molecule has 2 aromatic rings. The van der Waals surface area contributed by atoms with E-state index in [-0.39, 0.29) is 29.0 Å². The highest BCUT2D eigenvalue weighted by Gasteiger charge is 2.22. The molecule has 1 aromatic heterocycles. The van der Waals surface area contributed by atoms with Crippen LogP contribution in [0.2, 0.25) is 0 Å². The van der Waals surface area contributed by atoms with E-state index in [1.165, 1.54) is 20.2 Å². The number of carbonyl (C=O) groups excluding carboxylic acids is 1. The molecule has 1 aliphatic heterocycles. The van der Waals surface area contributed by atoms with Crippen LogP contribution in [-0.2, 0) is 10.0 Å². The molecule has 11 heteroatoms. The fraction of sp³-hybridized carbons (Fsp3) is 0.471. The Hall–Kier alpha value is -2.01. The van der Waals surface area contributed by atoms with Crippen LogP contribution in [0.25, 0.3) is 0 Å². The molecule has 0 spiro atoms. The van der Waals surface area contributed by atoms with E-state index in [4.69, 9.17) is 0 Å². The maximum Gasteiger partial charge on any atom is 0.277 e. The van der Waals surface area contributed by atoms with Gasteiger partial charge in [-0.2, -0.15) is 0 Å². The van der Waals surface area contributed by atoms with E-state index < -0.39 is 15.9 Å². The van der Waals surface area contributed by atoms with Crippen molar-refractivity contribution in [2.24, 2.45) is 0 Å². The van der Waals surface area contributed by atoms with E-state index in [1.807, 2.05) is 0 Å². The second kappa shape index (κ2) is 8.99. The highest BCUT2D eigenvalue weighted by Crippen LogP contribution is 2.23. The second-order valence-corrected chi connectivity index (χ2v) is 8.91. The number of nitrogens with zero attached hydrogens (tertiary/aromatic N) is 4. The van der Waals surface area contributed by atoms with Gasteiger partial charge < -0.3 is 10.6 Å². The van der Waals surface area contributed by atoms with Crippen molar-refractivity contribution in [2.75, 3.05) is 32.5 Å². The molecule has 1 aromatic carbocycles. The average molecular weight is 429 g/mol. The largest absolute Gasteiger partial charge is 0.321 e. The molecule has 1 aliphatic rings. The van der Waals surface area contributed by atoms with Gasteiger partial charge in [0.1, 0.15) is 0 Å². The normalized spacial score (nSPS) is 15.3. The standard InChI is InChI=1S/C17H24N6O3S.ClH/c1-12-4-5-13(10-16(12)27(25,26)22(2)3)19-17(24)15-11-23(21-20-15)14-6-8-18-9-7-14;/h4-5,10-11,14,18H,6-9H2,1-3H3,(H,19,24);1H. The fourth-order valence-electron chi connectivity index (χ4n) is 2.98. The van der Waals surface area contributed by atoms with Crippen LogP contribution in [0.4, 0.5) is 5.69 Å². The SMILES string of the molecule is Cc1ccc(NC(=O)c2cn(C3CCNCC3)nn2)cc1S(=O)(=O)N(C)C.Cl. The van der Waals surface area contributed by atoms with Gasteiger partial charge in [0, 0.05) is 19.8 Å². The third-order valence-corrected chi connectivity index (χ3v) is 6.59. The molecule has 154 valence electrons. The number of piperidine rings is 1. The van der Waals surface area contributed by atoms with Crippen molar-refractivity contribution in [3.63, 3.8) is 0 Å². The van der Waals surface area contributed by atoms with Crippen LogP contribution in [0.5, 0.6) is 0 Å². The van der Waals surface area contributed by atoms with E-state index in [0.717, 1.165) is 30.2 Å². The predicted molar refractivity (Wildman–Crippen MR) is 108 cm³/mol. The van der Waals surface area contributed by atoms with Crippen molar-refractivity contribution in [2.45, 2.75) is 30.7 Å². The number of sulfonamides is 1. The first-order valence-electron chi connectivity index (χ1n) is 8.76. The van der Waals surface area contributed by atoms with Crippen molar-refractivity contribution >= 4 is 34.0 Å². The summed E-state index contributed by atoms with van der Waals surface area (Å²) in [4.78, 5) is 12.6. The maximum absolute atomic E-state index is 12.5. The number of anilines is 1. The minimum atomic E-state index is -3.60. The van der Waals surface area contributed by atoms with E-state index in [2.05, 4.69) is 20.9 Å². The Labute approximate surface area is 170 Å². The van der Waals surface area contributed by atoms with Gasteiger partial charge in [-0.25, -0.2) is 17.4 Å². The highest BCUT2D eigenvalue weighted by molar-refractivity contribution is 7.89. The number of hydrogen-bond donors (Lipinski definition) is 2. The Morgan fingerprint density at radius 2 is 1.96 bits per heavy atom. The summed E-state index contributed by atoms with van der Waals surface area (Å²) in [5.41, 5.74) is 1.20. The lowest BCUT2D eigenvalue weighted by atomic mass is 10.1. The van der Waals surface area contributed by atoms with Crippen LogP contribution in [0, 0.1) is 6.92 Å². The Bertz CT molecular complexity index is 938. The molecular weight excluding hydrogens is 404 g/mol. The van der Waals surface area contributed by atoms with Gasteiger partial charge in [-0.15, -0.1) is 17.5 Å². The zero-order chi connectivity index (χ0) is 19.6. The molecule has 1 saturated heterocycles. The molecule has 2 heterocycles. The minimum absolute atomic E-state index is 0. The molecule has 0 aliphatic carbocycles. The number of nitrogens with one attached hydrogen (secondary N) is 2. The maximum atomic E-state index is 12.5. The summed E-state index contributed by atoms with van der Waals surface area (Å²) in [5, 5.41) is 14.0. The quantitative estimate of drug-likeness (QED) is 0.745. The Morgan fingerprint density at radius 1 is 1.29 bits per heavy atom. The summed E-state index contributed by atoms with van der Waals surface area (Å²) in [6.07, 6.45) is 3.51. The van der Waals surface area contributed by atoms with Gasteiger partial charge in [0.2, 0.25) is 10.0 Å². The average Bonchev–Trinajstić information content (AvgIpc) is 3.14. The van der Waals surface area contributed by atoms with Gasteiger partial charge in [0.05, 0.1) is 17.1 Å². The first kappa shape index (κ1) is 22.3. The molecule has 0 bridgehead atoms. The summed E-state index contributed by atoms with van der Waals surface area (Å²) in [5.74, 6) is -0.424. The number of carbonyl (C=O) groups is 1. The topological polar surface area (TPSA) is 109 Å². The molecule has 1 amide bonds. The number of rotatable bonds is 5. The molecule has 1 fully saturated rings. The number of aromatic nitrogens is 3. The van der Waals surface area contributed by atoms with Crippen LogP contribution < -0.4 is 10.6 Å². The predicted octanol–water partition coefficient (Wildman–Crippen LogP) is 1.44. The van der Waals surface area contributed by atoms with Gasteiger partial charge in [-0.3, -0.25) is 4.79 Å². The van der Waals surface area contributed by atoms with Gasteiger partial charge in [0.25, 0.3) is 5.91 Å². The number of hydrogen-bond acceptors (Lipinski definition) is 6. The lowest BCUT2D eigenvalue weighted by Crippen LogP contribution is -2.29. The number of amides is 1. The molecule has 0 unspecified atom stereocenters. The molecule has 0 atom stereocenters. The summed E-state index contributed by atoms with van der Waals surface area (Å²) < 4.78 is 27.7. The summed E-state index contributed by atoms with van der Waals surface area (Å²) in [6, 6.07) is 5.02. The van der Waals surface area contributed by atoms with Crippen molar-refractivity contribution in [1.29, 1.82) is 0 Å². The summed E-state index contributed by atoms with van der Waals surface area (Å²) in [6.45, 7) is 3.55. The Kier molecular flexibility index (Phi) is 7.16. The monoisotopic (exact) mass is 428 g/mol. The second-order valence-electron chi connectivity index (χ2n) is 6.79. The first-order valence-corrected chi connectivity index (χ1v) is 10.2. The molecule has 0 saturated carbocycles. The Morgan fingerprint density at radius 3 is 2.61 bits per heavy atom. The van der Waals surface area contributed by atoms with Gasteiger partial charge >= 0.3 is 0 Å². The van der Waals surface area contributed by atoms with Crippen LogP contribution in [-0.4, -0.2) is 60.8 Å². The summed E-state index contributed by atoms with van der Waals surface area (Å²) in [7, 11) is -0.654. The van der Waals surface area contributed by atoms with Crippen molar-refractivity contribution in [3.8, 4) is 0 Å². The van der Waals surface area contributed by atoms with Crippen molar-refractivity contribution in [1.82, 2.24) is 24.6 Å². The van der Waals surface area contributed by atoms with E-state index >= 15 is 0 Å². The smallest absolute Gasteiger partial charge is 0.277 e. The zero-order valence-electron chi connectivity index (χ0n) is 16.0. The van der Waals surface area contributed by atoms with Crippen LogP contribution in [0.3, 0.4) is 0 Å². The van der Waals surface area contributed by atoms with Crippen molar-refractivity contribution < 1.29 is 13.2 Å². The molecule has 0 radical (unpaired) electrons. The minimum Gasteiger partial charge on any atom is -0.321 e. The van der Waals surface area contributed by atoms with Crippen LogP contribution in [0.1, 0.15) is 34.9 Å². The first-order chi connectivity index (χ1) is 12.8. The third kappa shape index (κ3) is 4.69. The molecule has 2 N–H and O–H groups in total. The van der Waals surface area contributed by atoms with Gasteiger partial charge in [0.15, 0.2) is 5.69 Å². The highest BCUT2D eigenvalue weighted by atomic mass is 35.5. The molecular formula is C17H25ClN6O3S. The molecule has 3 rings (SSSR count). The van der Waals surface area contributed by atoms with E-state index in [1.54, 1.807) is 29.9 Å². The van der Waals surface area contributed by atoms with Crippen LogP contribution >= 0.6 is 12.4 Å². The van der Waals surface area contributed by atoms with Crippen LogP contribution in [0.15, 0.2) is 29.3 Å². The molecule has 9 nitrogen and oxygen atoms in total. The Balaban J connectivity index is 0.00000280. The van der Waals surface area contributed by atoms with E-state index in [0.29, 0.717) is 11.3 Å². The lowest BCUT2D eigenvalue weighted by Gasteiger charge is -2.22. The summed E-state index contributed by atoms with van der Waals surface area (Å²) >= 11 is 0. The zero-order valence-corrected chi connectivity index (χ0v) is 17.7. The third-order valence-electron chi connectivity index (χ3n) is 4.63. The van der Waals surface area contributed by atoms with Gasteiger partial charge in [-0.1, -0.05) is 11.3 Å². The van der Waals surface area contributed by atoms with Crippen molar-refractivity contribution in [3.05, 3.63) is 35.7 Å². The number of halogens is 1. The molecule has 28 heavy (non-hydrogen) atoms. The lowest BCUT2D eigenvalue weighted by molar-refractivity contribution is 0.102.